The number of rotatable bonds is 15. The largest absolute Gasteiger partial charge is 0.396 e. The Morgan fingerprint density at radius 2 is 1.75 bits per heavy atom. The Labute approximate surface area is 200 Å². The van der Waals surface area contributed by atoms with Crippen molar-refractivity contribution >= 4 is 27.5 Å². The Morgan fingerprint density at radius 3 is 2.16 bits per heavy atom. The molecule has 0 aromatic rings. The minimum absolute atomic E-state index is 0.0161. The average molecular weight is 506 g/mol. The Hall–Kier alpha value is 0.430. The van der Waals surface area contributed by atoms with Crippen LogP contribution in [0.25, 0.3) is 0 Å². The second kappa shape index (κ2) is 11.4. The van der Waals surface area contributed by atoms with Crippen LogP contribution >= 0.6 is 17.5 Å². The third kappa shape index (κ3) is 7.22. The fraction of sp³-hybridized carbons (Fsp3) is 0.917. The van der Waals surface area contributed by atoms with Gasteiger partial charge in [-0.25, -0.2) is 8.42 Å². The fourth-order valence-corrected chi connectivity index (χ4v) is 11.3. The van der Waals surface area contributed by atoms with Crippen LogP contribution in [-0.4, -0.2) is 54.3 Å². The van der Waals surface area contributed by atoms with Gasteiger partial charge in [-0.05, 0) is 102 Å². The molecule has 3 aliphatic rings. The van der Waals surface area contributed by atoms with Crippen molar-refractivity contribution in [1.82, 2.24) is 3.85 Å². The summed E-state index contributed by atoms with van der Waals surface area (Å²) < 4.78 is 34.7. The van der Waals surface area contributed by atoms with Crippen LogP contribution in [0.5, 0.6) is 0 Å². The molecular formula is C24H45NO4P2S. The number of methoxy groups -OCH3 is 1. The maximum Gasteiger partial charge on any atom is 0.220 e. The first-order valence-corrected chi connectivity index (χ1v) is 16.2. The summed E-state index contributed by atoms with van der Waals surface area (Å²) in [5.74, 6) is 0.923. The smallest absolute Gasteiger partial charge is 0.220 e. The molecule has 0 radical (unpaired) electrons. The summed E-state index contributed by atoms with van der Waals surface area (Å²) in [5.41, 5.74) is 2.26. The average Bonchev–Trinajstić information content (AvgIpc) is 3.60. The number of aliphatic hydroxyl groups is 1. The lowest BCUT2D eigenvalue weighted by Crippen LogP contribution is -2.40. The summed E-state index contributed by atoms with van der Waals surface area (Å²) in [7, 11) is -0.572. The van der Waals surface area contributed by atoms with E-state index in [2.05, 4.69) is 33.8 Å². The van der Waals surface area contributed by atoms with Gasteiger partial charge in [0, 0.05) is 13.7 Å². The summed E-state index contributed by atoms with van der Waals surface area (Å²) in [5, 5.41) is 9.70. The molecule has 0 aromatic heterocycles. The van der Waals surface area contributed by atoms with Gasteiger partial charge in [0.15, 0.2) is 0 Å². The quantitative estimate of drug-likeness (QED) is 0.234. The lowest BCUT2D eigenvalue weighted by molar-refractivity contribution is -0.0195. The van der Waals surface area contributed by atoms with Gasteiger partial charge in [0.1, 0.15) is 0 Å². The number of nitrogens with zero attached hydrogens (tertiary/aromatic N) is 1. The van der Waals surface area contributed by atoms with Gasteiger partial charge in [-0.15, -0.1) is 0 Å². The lowest BCUT2D eigenvalue weighted by atomic mass is 9.68. The highest BCUT2D eigenvalue weighted by Crippen LogP contribution is 2.54. The molecule has 0 bridgehead atoms. The van der Waals surface area contributed by atoms with Crippen molar-refractivity contribution in [1.29, 1.82) is 0 Å². The summed E-state index contributed by atoms with van der Waals surface area (Å²) in [6.07, 6.45) is 11.2. The molecular weight excluding hydrogens is 460 g/mol. The van der Waals surface area contributed by atoms with Gasteiger partial charge in [0.2, 0.25) is 10.0 Å². The molecule has 2 unspecified atom stereocenters. The van der Waals surface area contributed by atoms with Crippen molar-refractivity contribution in [3.63, 3.8) is 0 Å². The highest BCUT2D eigenvalue weighted by atomic mass is 32.2. The van der Waals surface area contributed by atoms with E-state index in [-0.39, 0.29) is 29.8 Å². The molecule has 0 saturated heterocycles. The monoisotopic (exact) mass is 505 g/mol. The van der Waals surface area contributed by atoms with Crippen LogP contribution in [0.2, 0.25) is 0 Å². The third-order valence-corrected chi connectivity index (χ3v) is 14.5. The molecule has 186 valence electrons. The van der Waals surface area contributed by atoms with E-state index >= 15 is 0 Å². The summed E-state index contributed by atoms with van der Waals surface area (Å²) >= 11 is 0. The van der Waals surface area contributed by atoms with E-state index in [1.807, 2.05) is 3.85 Å². The molecule has 8 heteroatoms. The number of hydrogen-bond acceptors (Lipinski definition) is 4. The molecule has 6 atom stereocenters. The molecule has 0 aromatic carbocycles. The Morgan fingerprint density at radius 1 is 1.16 bits per heavy atom. The van der Waals surface area contributed by atoms with Gasteiger partial charge < -0.3 is 9.84 Å². The number of sulfonamides is 1. The molecule has 1 N–H and O–H groups in total. The first-order chi connectivity index (χ1) is 15.1. The predicted octanol–water partition coefficient (Wildman–Crippen LogP) is 5.55. The minimum atomic E-state index is -3.25. The van der Waals surface area contributed by atoms with Crippen LogP contribution < -0.4 is 0 Å². The van der Waals surface area contributed by atoms with E-state index in [1.165, 1.54) is 31.3 Å². The Bertz CT molecular complexity index is 733. The van der Waals surface area contributed by atoms with Crippen LogP contribution in [0.3, 0.4) is 0 Å². The van der Waals surface area contributed by atoms with Gasteiger partial charge in [-0.3, -0.25) is 0 Å². The first-order valence-electron chi connectivity index (χ1n) is 12.5. The maximum atomic E-state index is 13.4. The summed E-state index contributed by atoms with van der Waals surface area (Å²) in [4.78, 5) is 0. The fourth-order valence-electron chi connectivity index (χ4n) is 4.59. The van der Waals surface area contributed by atoms with E-state index < -0.39 is 10.0 Å². The van der Waals surface area contributed by atoms with Crippen LogP contribution in [0, 0.1) is 23.2 Å². The van der Waals surface area contributed by atoms with Gasteiger partial charge in [-0.2, -0.15) is 3.85 Å². The summed E-state index contributed by atoms with van der Waals surface area (Å²) in [6, 6.07) is 0. The molecule has 3 rings (SSSR count). The second-order valence-corrected chi connectivity index (χ2v) is 16.9. The molecule has 0 heterocycles. The van der Waals surface area contributed by atoms with E-state index in [0.717, 1.165) is 25.7 Å². The van der Waals surface area contributed by atoms with Crippen molar-refractivity contribution in [2.45, 2.75) is 96.5 Å². The molecule has 32 heavy (non-hydrogen) atoms. The van der Waals surface area contributed by atoms with Crippen LogP contribution in [0.4, 0.5) is 0 Å². The van der Waals surface area contributed by atoms with Gasteiger partial charge >= 0.3 is 0 Å². The van der Waals surface area contributed by atoms with Crippen LogP contribution in [0.15, 0.2) is 11.6 Å². The van der Waals surface area contributed by atoms with Gasteiger partial charge in [0.05, 0.1) is 11.9 Å². The molecule has 3 fully saturated rings. The van der Waals surface area contributed by atoms with Crippen LogP contribution in [0.1, 0.15) is 79.1 Å². The SMILES string of the molecule is CCC/C(=C\C(C)(C)[C@H](C)CS(=O)(=O)N(PC1CC1)PC1CC1)[C@H](OC)[C@@H]1CC[C@H]1CO. The molecule has 5 nitrogen and oxygen atoms in total. The van der Waals surface area contributed by atoms with E-state index in [9.17, 15) is 13.5 Å². The van der Waals surface area contributed by atoms with Crippen LogP contribution in [-0.2, 0) is 14.8 Å². The second-order valence-electron chi connectivity index (χ2n) is 10.9. The number of allylic oxidation sites excluding steroid dienone is 1. The molecule has 0 aliphatic heterocycles. The highest BCUT2D eigenvalue weighted by Gasteiger charge is 2.40. The lowest BCUT2D eigenvalue weighted by Gasteiger charge is -2.42. The van der Waals surface area contributed by atoms with Crippen molar-refractivity contribution in [2.75, 3.05) is 19.5 Å². The highest BCUT2D eigenvalue weighted by molar-refractivity contribution is 7.97. The number of ether oxygens (including phenoxy) is 1. The van der Waals surface area contributed by atoms with Gasteiger partial charge in [0.25, 0.3) is 0 Å². The predicted molar refractivity (Wildman–Crippen MR) is 138 cm³/mol. The molecule has 3 saturated carbocycles. The third-order valence-electron chi connectivity index (χ3n) is 7.58. The number of aliphatic hydroxyl groups excluding tert-OH is 1. The first kappa shape index (κ1) is 27.0. The number of hydrogen-bond donors (Lipinski definition) is 1. The molecule has 0 spiro atoms. The zero-order valence-corrected chi connectivity index (χ0v) is 23.5. The normalized spacial score (nSPS) is 27.5. The topological polar surface area (TPSA) is 66.8 Å². The van der Waals surface area contributed by atoms with Crippen molar-refractivity contribution in [2.24, 2.45) is 23.2 Å². The van der Waals surface area contributed by atoms with Crippen molar-refractivity contribution < 1.29 is 18.3 Å². The van der Waals surface area contributed by atoms with E-state index in [0.29, 0.717) is 40.6 Å². The maximum absolute atomic E-state index is 13.4. The zero-order chi connectivity index (χ0) is 23.5. The van der Waals surface area contributed by atoms with Crippen molar-refractivity contribution in [3.8, 4) is 0 Å². The zero-order valence-electron chi connectivity index (χ0n) is 20.6. The van der Waals surface area contributed by atoms with Crippen molar-refractivity contribution in [3.05, 3.63) is 11.6 Å². The Balaban J connectivity index is 1.73. The standard InChI is InChI=1S/C24H45NO4P2S/c1-6-7-18(23(29-5)22-13-8-19(22)15-26)14-24(3,4)17(2)16-32(27,28)25(30-20-9-10-20)31-21-11-12-21/h14,17,19-23,26,30-31H,6-13,15-16H2,1-5H3/b18-14+/t17-,19+,22-,23+/m1/s1. The molecule has 3 aliphatic carbocycles. The molecule has 0 amide bonds. The van der Waals surface area contributed by atoms with Gasteiger partial charge in [-0.1, -0.05) is 40.2 Å². The Kier molecular flexibility index (Phi) is 9.66. The minimum Gasteiger partial charge on any atom is -0.396 e. The van der Waals surface area contributed by atoms with E-state index in [4.69, 9.17) is 4.74 Å². The summed E-state index contributed by atoms with van der Waals surface area (Å²) in [6.45, 7) is 8.85. The van der Waals surface area contributed by atoms with E-state index in [1.54, 1.807) is 7.11 Å².